The summed E-state index contributed by atoms with van der Waals surface area (Å²) in [5.41, 5.74) is 0. The molecule has 3 rings (SSSR count). The van der Waals surface area contributed by atoms with E-state index in [2.05, 4.69) is 15.5 Å². The first kappa shape index (κ1) is 19.5. The number of hydrogen-bond donors (Lipinski definition) is 1. The number of nitrogens with one attached hydrogen (secondary N) is 1. The fourth-order valence-electron chi connectivity index (χ4n) is 3.12. The molecule has 1 fully saturated rings. The predicted octanol–water partition coefficient (Wildman–Crippen LogP) is 3.50. The summed E-state index contributed by atoms with van der Waals surface area (Å²) in [7, 11) is 0. The minimum atomic E-state index is -0.801. The van der Waals surface area contributed by atoms with Crippen molar-refractivity contribution in [2.24, 2.45) is 0 Å². The van der Waals surface area contributed by atoms with Gasteiger partial charge in [-0.1, -0.05) is 36.9 Å². The number of thiophene rings is 1. The van der Waals surface area contributed by atoms with Gasteiger partial charge < -0.3 is 14.6 Å². The largest absolute Gasteiger partial charge is 0.453 e. The van der Waals surface area contributed by atoms with Crippen molar-refractivity contribution in [2.45, 2.75) is 70.4 Å². The highest BCUT2D eigenvalue weighted by Crippen LogP contribution is 2.21. The lowest BCUT2D eigenvalue weighted by molar-refractivity contribution is -0.155. The molecule has 8 heteroatoms. The Balaban J connectivity index is 1.41. The molecule has 2 aromatic rings. The van der Waals surface area contributed by atoms with Crippen LogP contribution in [0.15, 0.2) is 22.0 Å². The number of carbonyl (C=O) groups is 2. The van der Waals surface area contributed by atoms with Gasteiger partial charge in [0, 0.05) is 12.5 Å². The van der Waals surface area contributed by atoms with Crippen LogP contribution in [0, 0.1) is 0 Å². The lowest BCUT2D eigenvalue weighted by atomic mass is 10.1. The van der Waals surface area contributed by atoms with Gasteiger partial charge in [0.25, 0.3) is 5.91 Å². The van der Waals surface area contributed by atoms with Crippen LogP contribution in [-0.4, -0.2) is 34.2 Å². The van der Waals surface area contributed by atoms with E-state index in [4.69, 9.17) is 9.26 Å². The van der Waals surface area contributed by atoms with Gasteiger partial charge in [0.2, 0.25) is 11.7 Å². The van der Waals surface area contributed by atoms with Gasteiger partial charge in [-0.05, 0) is 31.2 Å². The second-order valence-electron chi connectivity index (χ2n) is 6.82. The van der Waals surface area contributed by atoms with Gasteiger partial charge in [0.15, 0.2) is 6.10 Å². The maximum atomic E-state index is 12.2. The van der Waals surface area contributed by atoms with Crippen LogP contribution >= 0.6 is 11.3 Å². The molecule has 2 aromatic heterocycles. The van der Waals surface area contributed by atoms with Gasteiger partial charge in [-0.3, -0.25) is 9.59 Å². The first-order valence-electron chi connectivity index (χ1n) is 9.48. The zero-order valence-corrected chi connectivity index (χ0v) is 16.3. The van der Waals surface area contributed by atoms with Gasteiger partial charge in [0.1, 0.15) is 0 Å². The van der Waals surface area contributed by atoms with Crippen molar-refractivity contribution in [1.29, 1.82) is 0 Å². The Hall–Kier alpha value is -2.22. The summed E-state index contributed by atoms with van der Waals surface area (Å²) in [6.45, 7) is 1.60. The van der Waals surface area contributed by atoms with Gasteiger partial charge in [-0.2, -0.15) is 4.98 Å². The molecule has 1 saturated carbocycles. The third-order valence-electron chi connectivity index (χ3n) is 4.63. The molecule has 0 radical (unpaired) electrons. The minimum absolute atomic E-state index is 0.0904. The quantitative estimate of drug-likeness (QED) is 0.573. The Kier molecular flexibility index (Phi) is 6.98. The maximum absolute atomic E-state index is 12.2. The molecule has 1 aliphatic carbocycles. The van der Waals surface area contributed by atoms with Crippen molar-refractivity contribution in [3.8, 4) is 10.7 Å². The number of aryl methyl sites for hydroxylation is 1. The Morgan fingerprint density at radius 3 is 2.81 bits per heavy atom. The number of nitrogens with zero attached hydrogens (tertiary/aromatic N) is 2. The molecule has 0 aromatic carbocycles. The van der Waals surface area contributed by atoms with Crippen LogP contribution in [0.4, 0.5) is 0 Å². The molecule has 27 heavy (non-hydrogen) atoms. The van der Waals surface area contributed by atoms with E-state index in [1.54, 1.807) is 6.92 Å². The molecule has 0 saturated heterocycles. The van der Waals surface area contributed by atoms with Crippen molar-refractivity contribution in [2.75, 3.05) is 0 Å². The van der Waals surface area contributed by atoms with Crippen LogP contribution in [0.25, 0.3) is 10.7 Å². The van der Waals surface area contributed by atoms with Crippen LogP contribution < -0.4 is 5.32 Å². The third kappa shape index (κ3) is 5.89. The number of esters is 1. The lowest BCUT2D eigenvalue weighted by Gasteiger charge is -2.19. The van der Waals surface area contributed by atoms with Crippen LogP contribution in [0.3, 0.4) is 0 Å². The second-order valence-corrected chi connectivity index (χ2v) is 7.77. The summed E-state index contributed by atoms with van der Waals surface area (Å²) < 4.78 is 10.4. The molecule has 1 N–H and O–H groups in total. The van der Waals surface area contributed by atoms with E-state index in [-0.39, 0.29) is 24.8 Å². The number of aromatic nitrogens is 2. The summed E-state index contributed by atoms with van der Waals surface area (Å²) in [6, 6.07) is 4.01. The summed E-state index contributed by atoms with van der Waals surface area (Å²) in [4.78, 5) is 29.4. The van der Waals surface area contributed by atoms with E-state index in [0.717, 1.165) is 30.6 Å². The Morgan fingerprint density at radius 2 is 2.11 bits per heavy atom. The van der Waals surface area contributed by atoms with Crippen molar-refractivity contribution < 1.29 is 18.8 Å². The first-order valence-corrected chi connectivity index (χ1v) is 10.4. The monoisotopic (exact) mass is 391 g/mol. The van der Waals surface area contributed by atoms with Gasteiger partial charge in [0.05, 0.1) is 11.3 Å². The Morgan fingerprint density at radius 1 is 1.33 bits per heavy atom. The molecule has 0 bridgehead atoms. The molecule has 7 nitrogen and oxygen atoms in total. The highest BCUT2D eigenvalue weighted by atomic mass is 32.1. The number of ether oxygens (including phenoxy) is 1. The Bertz CT molecular complexity index is 736. The molecule has 1 amide bonds. The molecule has 0 spiro atoms. The van der Waals surface area contributed by atoms with Gasteiger partial charge in [-0.15, -0.1) is 11.3 Å². The fraction of sp³-hybridized carbons (Fsp3) is 0.579. The van der Waals surface area contributed by atoms with E-state index in [1.165, 1.54) is 24.2 Å². The highest BCUT2D eigenvalue weighted by molar-refractivity contribution is 7.13. The smallest absolute Gasteiger partial charge is 0.307 e. The van der Waals surface area contributed by atoms with Gasteiger partial charge in [-0.25, -0.2) is 0 Å². The van der Waals surface area contributed by atoms with Crippen molar-refractivity contribution in [3.05, 3.63) is 23.4 Å². The molecule has 0 unspecified atom stereocenters. The summed E-state index contributed by atoms with van der Waals surface area (Å²) in [5, 5.41) is 8.84. The second kappa shape index (κ2) is 9.64. The molecule has 2 heterocycles. The standard InChI is InChI=1S/C19H25N3O4S/c1-13(19(24)20-14-7-4-2-3-5-8-14)25-17(23)11-10-16-21-18(22-26-16)15-9-6-12-27-15/h6,9,12-14H,2-5,7-8,10-11H2,1H3,(H,20,24)/t13-/m0/s1. The SMILES string of the molecule is C[C@H](OC(=O)CCc1nc(-c2cccs2)no1)C(=O)NC1CCCCCC1. The van der Waals surface area contributed by atoms with E-state index >= 15 is 0 Å². The van der Waals surface area contributed by atoms with Crippen molar-refractivity contribution >= 4 is 23.2 Å². The number of hydrogen-bond acceptors (Lipinski definition) is 7. The highest BCUT2D eigenvalue weighted by Gasteiger charge is 2.22. The molecular formula is C19H25N3O4S. The van der Waals surface area contributed by atoms with Gasteiger partial charge >= 0.3 is 5.97 Å². The molecule has 1 aliphatic rings. The molecule has 1 atom stereocenters. The molecular weight excluding hydrogens is 366 g/mol. The van der Waals surface area contributed by atoms with Crippen molar-refractivity contribution in [3.63, 3.8) is 0 Å². The number of carbonyl (C=O) groups excluding carboxylic acids is 2. The van der Waals surface area contributed by atoms with Crippen molar-refractivity contribution in [1.82, 2.24) is 15.5 Å². The fourth-order valence-corrected chi connectivity index (χ4v) is 3.77. The minimum Gasteiger partial charge on any atom is -0.453 e. The molecule has 146 valence electrons. The average molecular weight is 391 g/mol. The first-order chi connectivity index (χ1) is 13.1. The average Bonchev–Trinajstić information content (AvgIpc) is 3.28. The van der Waals surface area contributed by atoms with E-state index < -0.39 is 12.1 Å². The number of rotatable bonds is 7. The van der Waals surface area contributed by atoms with E-state index in [1.807, 2.05) is 17.5 Å². The van der Waals surface area contributed by atoms with Crippen LogP contribution in [0.5, 0.6) is 0 Å². The van der Waals surface area contributed by atoms with Crippen LogP contribution in [0.1, 0.15) is 57.8 Å². The maximum Gasteiger partial charge on any atom is 0.307 e. The summed E-state index contributed by atoms with van der Waals surface area (Å²) >= 11 is 1.52. The summed E-state index contributed by atoms with van der Waals surface area (Å²) in [6.07, 6.45) is 6.29. The number of amides is 1. The topological polar surface area (TPSA) is 94.3 Å². The zero-order chi connectivity index (χ0) is 19.1. The van der Waals surface area contributed by atoms with Crippen LogP contribution in [0.2, 0.25) is 0 Å². The Labute approximate surface area is 162 Å². The zero-order valence-electron chi connectivity index (χ0n) is 15.5. The van der Waals surface area contributed by atoms with E-state index in [0.29, 0.717) is 11.7 Å². The van der Waals surface area contributed by atoms with Crippen LogP contribution in [-0.2, 0) is 20.7 Å². The normalized spacial score (nSPS) is 16.5. The lowest BCUT2D eigenvalue weighted by Crippen LogP contribution is -2.41. The third-order valence-corrected chi connectivity index (χ3v) is 5.50. The predicted molar refractivity (Wildman–Crippen MR) is 101 cm³/mol. The van der Waals surface area contributed by atoms with E-state index in [9.17, 15) is 9.59 Å². The molecule has 0 aliphatic heterocycles. The summed E-state index contributed by atoms with van der Waals surface area (Å²) in [5.74, 6) is 0.220.